The quantitative estimate of drug-likeness (QED) is 0.588. The highest BCUT2D eigenvalue weighted by atomic mass is 32.2. The van der Waals surface area contributed by atoms with Crippen LogP contribution in [0.1, 0.15) is 63.8 Å². The third kappa shape index (κ3) is 5.75. The Morgan fingerprint density at radius 2 is 2.26 bits per heavy atom. The van der Waals surface area contributed by atoms with Gasteiger partial charge in [-0.05, 0) is 38.4 Å². The molecule has 6 heteroatoms. The fraction of sp³-hybridized carbons (Fsp3) is 0.765. The van der Waals surface area contributed by atoms with E-state index in [1.807, 2.05) is 11.8 Å². The molecule has 5 nitrogen and oxygen atoms in total. The molecular weight excluding hydrogens is 308 g/mol. The summed E-state index contributed by atoms with van der Waals surface area (Å²) >= 11 is 2.02. The minimum atomic E-state index is 0.488. The van der Waals surface area contributed by atoms with Crippen molar-refractivity contribution in [2.45, 2.75) is 65.0 Å². The highest BCUT2D eigenvalue weighted by molar-refractivity contribution is 7.99. The van der Waals surface area contributed by atoms with Gasteiger partial charge in [0, 0.05) is 30.3 Å². The van der Waals surface area contributed by atoms with Crippen molar-refractivity contribution < 1.29 is 4.52 Å². The van der Waals surface area contributed by atoms with Gasteiger partial charge < -0.3 is 15.2 Å². The number of aliphatic imine (C=N–C) groups is 1. The monoisotopic (exact) mass is 338 g/mol. The number of aromatic nitrogens is 1. The van der Waals surface area contributed by atoms with Crippen molar-refractivity contribution in [3.63, 3.8) is 0 Å². The van der Waals surface area contributed by atoms with Crippen LogP contribution in [0.25, 0.3) is 0 Å². The van der Waals surface area contributed by atoms with E-state index < -0.39 is 0 Å². The molecule has 0 amide bonds. The standard InChI is InChI=1S/C17H30N4OS/c1-4-13(5-2)16-10-15(22-21-16)11-19-17(18-6-3)20-14-8-7-9-23-12-14/h10,13-14H,4-9,11-12H2,1-3H3,(H2,18,19,20). The molecule has 2 rings (SSSR count). The second-order valence-electron chi connectivity index (χ2n) is 5.99. The fourth-order valence-electron chi connectivity index (χ4n) is 2.83. The van der Waals surface area contributed by atoms with Crippen LogP contribution in [0.15, 0.2) is 15.6 Å². The lowest BCUT2D eigenvalue weighted by Crippen LogP contribution is -2.45. The molecule has 1 aromatic rings. The van der Waals surface area contributed by atoms with Gasteiger partial charge in [0.2, 0.25) is 0 Å². The van der Waals surface area contributed by atoms with Gasteiger partial charge in [0.1, 0.15) is 6.54 Å². The van der Waals surface area contributed by atoms with Crippen LogP contribution in [0, 0.1) is 0 Å². The van der Waals surface area contributed by atoms with Crippen LogP contribution in [0.3, 0.4) is 0 Å². The molecule has 2 heterocycles. The van der Waals surface area contributed by atoms with Crippen LogP contribution in [-0.2, 0) is 6.54 Å². The zero-order valence-electron chi connectivity index (χ0n) is 14.6. The van der Waals surface area contributed by atoms with Crippen molar-refractivity contribution in [1.82, 2.24) is 15.8 Å². The minimum absolute atomic E-state index is 0.488. The molecule has 23 heavy (non-hydrogen) atoms. The maximum Gasteiger partial charge on any atom is 0.191 e. The van der Waals surface area contributed by atoms with Gasteiger partial charge in [0.25, 0.3) is 0 Å². The maximum atomic E-state index is 5.45. The Hall–Kier alpha value is -1.17. The summed E-state index contributed by atoms with van der Waals surface area (Å²) in [6.07, 6.45) is 4.69. The molecule has 1 aliphatic heterocycles. The molecule has 2 N–H and O–H groups in total. The summed E-state index contributed by atoms with van der Waals surface area (Å²) in [5, 5.41) is 11.1. The van der Waals surface area contributed by atoms with Crippen molar-refractivity contribution in [3.05, 3.63) is 17.5 Å². The Morgan fingerprint density at radius 1 is 1.43 bits per heavy atom. The largest absolute Gasteiger partial charge is 0.359 e. The van der Waals surface area contributed by atoms with Crippen LogP contribution < -0.4 is 10.6 Å². The smallest absolute Gasteiger partial charge is 0.191 e. The molecule has 1 fully saturated rings. The SMILES string of the molecule is CCNC(=NCc1cc(C(CC)CC)no1)NC1CCCSC1. The van der Waals surface area contributed by atoms with Crippen LogP contribution in [0.4, 0.5) is 0 Å². The van der Waals surface area contributed by atoms with E-state index in [-0.39, 0.29) is 0 Å². The first kappa shape index (κ1) is 18.2. The summed E-state index contributed by atoms with van der Waals surface area (Å²) in [5.41, 5.74) is 1.06. The van der Waals surface area contributed by atoms with Crippen LogP contribution >= 0.6 is 11.8 Å². The molecule has 0 saturated carbocycles. The van der Waals surface area contributed by atoms with Crippen molar-refractivity contribution in [2.24, 2.45) is 4.99 Å². The second-order valence-corrected chi connectivity index (χ2v) is 7.13. The first-order chi connectivity index (χ1) is 11.3. The van der Waals surface area contributed by atoms with Gasteiger partial charge in [-0.2, -0.15) is 11.8 Å². The lowest BCUT2D eigenvalue weighted by atomic mass is 9.99. The van der Waals surface area contributed by atoms with Gasteiger partial charge >= 0.3 is 0 Å². The summed E-state index contributed by atoms with van der Waals surface area (Å²) in [7, 11) is 0. The molecule has 0 aromatic carbocycles. The zero-order chi connectivity index (χ0) is 16.5. The Morgan fingerprint density at radius 3 is 2.91 bits per heavy atom. The lowest BCUT2D eigenvalue weighted by molar-refractivity contribution is 0.372. The van der Waals surface area contributed by atoms with E-state index in [9.17, 15) is 0 Å². The molecular formula is C17H30N4OS. The summed E-state index contributed by atoms with van der Waals surface area (Å²) in [4.78, 5) is 4.65. The Bertz CT molecular complexity index is 479. The predicted octanol–water partition coefficient (Wildman–Crippen LogP) is 3.53. The minimum Gasteiger partial charge on any atom is -0.359 e. The van der Waals surface area contributed by atoms with Gasteiger partial charge in [-0.1, -0.05) is 19.0 Å². The van der Waals surface area contributed by atoms with Crippen molar-refractivity contribution in [1.29, 1.82) is 0 Å². The van der Waals surface area contributed by atoms with Crippen LogP contribution in [-0.4, -0.2) is 35.2 Å². The van der Waals surface area contributed by atoms with Crippen molar-refractivity contribution >= 4 is 17.7 Å². The van der Waals surface area contributed by atoms with E-state index >= 15 is 0 Å². The topological polar surface area (TPSA) is 62.5 Å². The van der Waals surface area contributed by atoms with E-state index in [1.54, 1.807) is 0 Å². The highest BCUT2D eigenvalue weighted by Gasteiger charge is 2.15. The average molecular weight is 339 g/mol. The molecule has 1 aliphatic rings. The Labute approximate surface area is 144 Å². The number of nitrogens with zero attached hydrogens (tertiary/aromatic N) is 2. The molecule has 1 saturated heterocycles. The number of nitrogens with one attached hydrogen (secondary N) is 2. The van der Waals surface area contributed by atoms with Gasteiger partial charge in [0.15, 0.2) is 11.7 Å². The van der Waals surface area contributed by atoms with Crippen LogP contribution in [0.2, 0.25) is 0 Å². The third-order valence-electron chi connectivity index (χ3n) is 4.22. The molecule has 0 spiro atoms. The number of thioether (sulfide) groups is 1. The first-order valence-electron chi connectivity index (χ1n) is 8.84. The number of hydrogen-bond donors (Lipinski definition) is 2. The molecule has 130 valence electrons. The number of hydrogen-bond acceptors (Lipinski definition) is 4. The summed E-state index contributed by atoms with van der Waals surface area (Å²) < 4.78 is 5.45. The first-order valence-corrected chi connectivity index (χ1v) is 10.00. The normalized spacial score (nSPS) is 19.1. The molecule has 0 radical (unpaired) electrons. The number of guanidine groups is 1. The number of rotatable bonds is 7. The molecule has 0 aliphatic carbocycles. The zero-order valence-corrected chi connectivity index (χ0v) is 15.4. The summed E-state index contributed by atoms with van der Waals surface area (Å²) in [6, 6.07) is 2.57. The summed E-state index contributed by atoms with van der Waals surface area (Å²) in [5.74, 6) is 4.64. The predicted molar refractivity (Wildman–Crippen MR) is 98.1 cm³/mol. The van der Waals surface area contributed by atoms with Gasteiger partial charge in [-0.25, -0.2) is 4.99 Å². The van der Waals surface area contributed by atoms with E-state index in [2.05, 4.69) is 47.6 Å². The molecule has 1 unspecified atom stereocenters. The highest BCUT2D eigenvalue weighted by Crippen LogP contribution is 2.22. The summed E-state index contributed by atoms with van der Waals surface area (Å²) in [6.45, 7) is 7.86. The molecule has 1 aromatic heterocycles. The van der Waals surface area contributed by atoms with Crippen molar-refractivity contribution in [3.8, 4) is 0 Å². The van der Waals surface area contributed by atoms with Crippen LogP contribution in [0.5, 0.6) is 0 Å². The van der Waals surface area contributed by atoms with Gasteiger partial charge in [-0.3, -0.25) is 0 Å². The fourth-order valence-corrected chi connectivity index (χ4v) is 3.90. The van der Waals surface area contributed by atoms with Crippen molar-refractivity contribution in [2.75, 3.05) is 18.1 Å². The maximum absolute atomic E-state index is 5.45. The Balaban J connectivity index is 1.93. The van der Waals surface area contributed by atoms with Gasteiger partial charge in [-0.15, -0.1) is 0 Å². The lowest BCUT2D eigenvalue weighted by Gasteiger charge is -2.24. The Kier molecular flexibility index (Phi) is 7.79. The van der Waals surface area contributed by atoms with E-state index in [1.165, 1.54) is 18.6 Å². The van der Waals surface area contributed by atoms with E-state index in [0.29, 0.717) is 18.5 Å². The third-order valence-corrected chi connectivity index (χ3v) is 5.43. The molecule has 0 bridgehead atoms. The van der Waals surface area contributed by atoms with E-state index in [4.69, 9.17) is 4.52 Å². The second kappa shape index (κ2) is 9.85. The molecule has 1 atom stereocenters. The van der Waals surface area contributed by atoms with E-state index in [0.717, 1.165) is 42.6 Å². The average Bonchev–Trinajstić information content (AvgIpc) is 3.04. The van der Waals surface area contributed by atoms with Gasteiger partial charge in [0.05, 0.1) is 5.69 Å².